The van der Waals surface area contributed by atoms with Crippen molar-refractivity contribution < 1.29 is 4.42 Å². The molecule has 0 N–H and O–H groups in total. The van der Waals surface area contributed by atoms with Crippen LogP contribution in [0.1, 0.15) is 0 Å². The fourth-order valence-electron chi connectivity index (χ4n) is 10.2. The Morgan fingerprint density at radius 2 is 1.02 bits per heavy atom. The van der Waals surface area contributed by atoms with Crippen LogP contribution < -0.4 is 0 Å². The first-order valence-electron chi connectivity index (χ1n) is 20.1. The highest BCUT2D eigenvalue weighted by molar-refractivity contribution is 6.40. The summed E-state index contributed by atoms with van der Waals surface area (Å²) < 4.78 is 11.5. The largest absolute Gasteiger partial charge is 0.452 e. The summed E-state index contributed by atoms with van der Waals surface area (Å²) in [6.07, 6.45) is 0. The monoisotopic (exact) mass is 750 g/mol. The van der Waals surface area contributed by atoms with Crippen LogP contribution in [0.15, 0.2) is 186 Å². The molecule has 0 spiro atoms. The molecule has 5 nitrogen and oxygen atoms in total. The second-order valence-corrected chi connectivity index (χ2v) is 15.7. The Hall–Kier alpha value is -8.02. The molecule has 0 aliphatic carbocycles. The molecule has 0 unspecified atom stereocenters. The maximum Gasteiger partial charge on any atom is 0.236 e. The Bertz CT molecular complexity index is 4060. The molecule has 0 aliphatic heterocycles. The van der Waals surface area contributed by atoms with Gasteiger partial charge in [0.15, 0.2) is 5.58 Å². The van der Waals surface area contributed by atoms with Gasteiger partial charge in [0, 0.05) is 48.7 Å². The van der Waals surface area contributed by atoms with Crippen LogP contribution >= 0.6 is 0 Å². The van der Waals surface area contributed by atoms with E-state index in [1.165, 1.54) is 65.2 Å². The molecule has 0 fully saturated rings. The molecule has 0 aliphatic rings. The number of rotatable bonds is 3. The van der Waals surface area contributed by atoms with E-state index in [-0.39, 0.29) is 0 Å². The predicted octanol–water partition coefficient (Wildman–Crippen LogP) is 14.3. The van der Waals surface area contributed by atoms with Gasteiger partial charge in [0.1, 0.15) is 16.8 Å². The molecule has 0 saturated carbocycles. The number of hydrogen-bond acceptors (Lipinski definition) is 3. The minimum atomic E-state index is 0.603. The van der Waals surface area contributed by atoms with Crippen molar-refractivity contribution in [3.8, 4) is 28.3 Å². The van der Waals surface area contributed by atoms with Crippen molar-refractivity contribution in [3.63, 3.8) is 0 Å². The molecule has 9 aromatic carbocycles. The van der Waals surface area contributed by atoms with Crippen LogP contribution in [0.5, 0.6) is 0 Å². The molecule has 0 bridgehead atoms. The first-order chi connectivity index (χ1) is 29.3. The Labute approximate surface area is 335 Å². The summed E-state index contributed by atoms with van der Waals surface area (Å²) in [5.41, 5.74) is 12.1. The molecular formula is C54H30N4O. The van der Waals surface area contributed by atoms with Gasteiger partial charge >= 0.3 is 0 Å². The summed E-state index contributed by atoms with van der Waals surface area (Å²) >= 11 is 0. The third-order valence-electron chi connectivity index (χ3n) is 12.6. The molecule has 0 saturated heterocycles. The number of nitrogens with zero attached hydrogens (tertiary/aromatic N) is 4. The van der Waals surface area contributed by atoms with Crippen LogP contribution in [-0.4, -0.2) is 18.9 Å². The van der Waals surface area contributed by atoms with E-state index in [9.17, 15) is 0 Å². The number of benzene rings is 9. The van der Waals surface area contributed by atoms with Crippen molar-refractivity contribution in [2.45, 2.75) is 0 Å². The van der Waals surface area contributed by atoms with Gasteiger partial charge in [-0.05, 0) is 51.6 Å². The standard InChI is InChI=1S/C54H30N4O/c1-2-13-31(14-3-1)32-25-27-34(28-26-32)48-53-49(39-20-9-11-24-44(39)59-53)56-54(55-48)58-42-23-10-8-19-38(42)47-51(58)37-18-7-6-17-36(37)46-41-22-12-21-40-45-35-16-5-4-15-33(35)29-30-43(45)57(50(40)41)52(46)47/h1-30H. The molecule has 5 heterocycles. The van der Waals surface area contributed by atoms with Gasteiger partial charge in [0.25, 0.3) is 0 Å². The highest BCUT2D eigenvalue weighted by atomic mass is 16.3. The second kappa shape index (κ2) is 11.3. The van der Waals surface area contributed by atoms with Crippen molar-refractivity contribution in [2.24, 2.45) is 0 Å². The van der Waals surface area contributed by atoms with E-state index >= 15 is 0 Å². The summed E-state index contributed by atoms with van der Waals surface area (Å²) in [6, 6.07) is 65.1. The lowest BCUT2D eigenvalue weighted by molar-refractivity contribution is 0.666. The van der Waals surface area contributed by atoms with E-state index in [0.29, 0.717) is 11.5 Å². The summed E-state index contributed by atoms with van der Waals surface area (Å²) in [4.78, 5) is 11.0. The van der Waals surface area contributed by atoms with Crippen molar-refractivity contribution in [3.05, 3.63) is 182 Å². The third-order valence-corrected chi connectivity index (χ3v) is 12.6. The Balaban J connectivity index is 1.16. The number of hydrogen-bond donors (Lipinski definition) is 0. The molecular weight excluding hydrogens is 721 g/mol. The molecule has 272 valence electrons. The molecule has 5 heteroatoms. The van der Waals surface area contributed by atoms with Crippen LogP contribution in [0, 0.1) is 0 Å². The van der Waals surface area contributed by atoms with Gasteiger partial charge in [0.2, 0.25) is 5.95 Å². The van der Waals surface area contributed by atoms with Gasteiger partial charge in [-0.1, -0.05) is 158 Å². The normalized spacial score (nSPS) is 12.4. The highest BCUT2D eigenvalue weighted by Crippen LogP contribution is 2.49. The maximum absolute atomic E-state index is 6.62. The smallest absolute Gasteiger partial charge is 0.236 e. The number of aromatic nitrogens is 4. The molecule has 0 atom stereocenters. The van der Waals surface area contributed by atoms with Gasteiger partial charge < -0.3 is 8.82 Å². The van der Waals surface area contributed by atoms with Crippen LogP contribution in [0.25, 0.3) is 132 Å². The van der Waals surface area contributed by atoms with Gasteiger partial charge in [-0.15, -0.1) is 0 Å². The number of furan rings is 1. The summed E-state index contributed by atoms with van der Waals surface area (Å²) in [5.74, 6) is 0.603. The predicted molar refractivity (Wildman–Crippen MR) is 244 cm³/mol. The molecule has 0 radical (unpaired) electrons. The topological polar surface area (TPSA) is 48.3 Å². The Morgan fingerprint density at radius 1 is 0.373 bits per heavy atom. The highest BCUT2D eigenvalue weighted by Gasteiger charge is 2.28. The lowest BCUT2D eigenvalue weighted by atomic mass is 9.97. The fourth-order valence-corrected chi connectivity index (χ4v) is 10.2. The van der Waals surface area contributed by atoms with Crippen molar-refractivity contribution >= 4 is 104 Å². The van der Waals surface area contributed by atoms with E-state index in [1.54, 1.807) is 0 Å². The van der Waals surface area contributed by atoms with Crippen molar-refractivity contribution in [2.75, 3.05) is 0 Å². The third kappa shape index (κ3) is 4.03. The van der Waals surface area contributed by atoms with Crippen LogP contribution in [0.2, 0.25) is 0 Å². The minimum Gasteiger partial charge on any atom is -0.452 e. The van der Waals surface area contributed by atoms with E-state index in [4.69, 9.17) is 14.4 Å². The number of fused-ring (bicyclic) bond motifs is 18. The van der Waals surface area contributed by atoms with Gasteiger partial charge in [-0.2, -0.15) is 0 Å². The minimum absolute atomic E-state index is 0.603. The van der Waals surface area contributed by atoms with Gasteiger partial charge in [-0.25, -0.2) is 9.97 Å². The first kappa shape index (κ1) is 31.1. The quantitative estimate of drug-likeness (QED) is 0.181. The maximum atomic E-state index is 6.62. The zero-order valence-corrected chi connectivity index (χ0v) is 31.5. The van der Waals surface area contributed by atoms with Gasteiger partial charge in [-0.3, -0.25) is 4.57 Å². The number of para-hydroxylation sites is 3. The first-order valence-corrected chi connectivity index (χ1v) is 20.1. The molecule has 5 aromatic heterocycles. The average molecular weight is 751 g/mol. The SMILES string of the molecule is c1ccc(-c2ccc(-c3nc(-n4c5ccccc5c5c4c4ccccc4c4c6cccc7c8c9ccccc9ccc8n(c76)c45)nc4c3oc3ccccc34)cc2)cc1. The summed E-state index contributed by atoms with van der Waals surface area (Å²) in [5, 5.41) is 13.3. The van der Waals surface area contributed by atoms with Crippen LogP contribution in [0.3, 0.4) is 0 Å². The summed E-state index contributed by atoms with van der Waals surface area (Å²) in [7, 11) is 0. The lowest BCUT2D eigenvalue weighted by Gasteiger charge is -2.12. The molecule has 59 heavy (non-hydrogen) atoms. The zero-order chi connectivity index (χ0) is 38.3. The molecule has 14 rings (SSSR count). The van der Waals surface area contributed by atoms with E-state index in [1.807, 2.05) is 24.3 Å². The van der Waals surface area contributed by atoms with E-state index < -0.39 is 0 Å². The molecule has 0 amide bonds. The van der Waals surface area contributed by atoms with Gasteiger partial charge in [0.05, 0.1) is 27.6 Å². The van der Waals surface area contributed by atoms with E-state index in [2.05, 4.69) is 167 Å². The van der Waals surface area contributed by atoms with Crippen molar-refractivity contribution in [1.29, 1.82) is 0 Å². The lowest BCUT2D eigenvalue weighted by Crippen LogP contribution is -2.03. The Kier molecular flexibility index (Phi) is 5.96. The Morgan fingerprint density at radius 3 is 1.86 bits per heavy atom. The fraction of sp³-hybridized carbons (Fsp3) is 0. The summed E-state index contributed by atoms with van der Waals surface area (Å²) in [6.45, 7) is 0. The van der Waals surface area contributed by atoms with Crippen LogP contribution in [-0.2, 0) is 0 Å². The second-order valence-electron chi connectivity index (χ2n) is 15.7. The van der Waals surface area contributed by atoms with Crippen LogP contribution in [0.4, 0.5) is 0 Å². The van der Waals surface area contributed by atoms with Crippen molar-refractivity contribution in [1.82, 2.24) is 18.9 Å². The van der Waals surface area contributed by atoms with E-state index in [0.717, 1.165) is 55.1 Å². The average Bonchev–Trinajstić information content (AvgIpc) is 4.05. The zero-order valence-electron chi connectivity index (χ0n) is 31.5. The molecule has 14 aromatic rings.